The van der Waals surface area contributed by atoms with Crippen LogP contribution in [-0.4, -0.2) is 110 Å². The molecule has 0 bridgehead atoms. The summed E-state index contributed by atoms with van der Waals surface area (Å²) >= 11 is 0. The van der Waals surface area contributed by atoms with Crippen molar-refractivity contribution in [2.45, 2.75) is 130 Å². The SMILES string of the molecule is CC[C@H](NC(=O)O)C(=O)N1C[C@@H](OC(C)=O)C[C@H]1Cc1c(-c2[nH]c3cc(F)ccc3c2C[C@@H]2C[C@H](OC(C)=O)CN2C(=O)[C@H](CC)NC(=O)CC(C)(C)C)[nH]c2cc(F)ccc12. The smallest absolute Gasteiger partial charge is 0.405 e. The number of ether oxygens (including phenoxy) is 2. The van der Waals surface area contributed by atoms with Gasteiger partial charge in [0.1, 0.15) is 35.9 Å². The van der Waals surface area contributed by atoms with Crippen molar-refractivity contribution in [2.24, 2.45) is 5.41 Å². The molecular weight excluding hydrogens is 807 g/mol. The van der Waals surface area contributed by atoms with E-state index in [2.05, 4.69) is 20.6 Å². The van der Waals surface area contributed by atoms with Crippen molar-refractivity contribution in [1.82, 2.24) is 30.4 Å². The largest absolute Gasteiger partial charge is 0.465 e. The number of amides is 4. The number of halogens is 2. The summed E-state index contributed by atoms with van der Waals surface area (Å²) in [7, 11) is 0. The Morgan fingerprint density at radius 3 is 1.53 bits per heavy atom. The van der Waals surface area contributed by atoms with Crippen LogP contribution in [0.5, 0.6) is 0 Å². The Morgan fingerprint density at radius 1 is 0.742 bits per heavy atom. The highest BCUT2D eigenvalue weighted by Gasteiger charge is 2.42. The maximum atomic E-state index is 14.9. The van der Waals surface area contributed by atoms with Gasteiger partial charge in [-0.05, 0) is 78.6 Å². The van der Waals surface area contributed by atoms with Crippen LogP contribution in [0, 0.1) is 17.0 Å². The van der Waals surface area contributed by atoms with Crippen LogP contribution >= 0.6 is 0 Å². The molecule has 17 heteroatoms. The van der Waals surface area contributed by atoms with Crippen LogP contribution in [0.3, 0.4) is 0 Å². The number of carboxylic acid groups (broad SMARTS) is 1. The van der Waals surface area contributed by atoms with Crippen LogP contribution in [0.15, 0.2) is 36.4 Å². The molecule has 2 fully saturated rings. The number of hydrogen-bond acceptors (Lipinski definition) is 8. The zero-order valence-corrected chi connectivity index (χ0v) is 36.2. The highest BCUT2D eigenvalue weighted by atomic mass is 19.1. The maximum absolute atomic E-state index is 14.9. The lowest BCUT2D eigenvalue weighted by Crippen LogP contribution is -2.50. The molecule has 2 aliphatic rings. The predicted molar refractivity (Wildman–Crippen MR) is 226 cm³/mol. The van der Waals surface area contributed by atoms with Crippen LogP contribution in [0.1, 0.15) is 91.7 Å². The fraction of sp³-hybridized carbons (Fsp3) is 0.511. The Labute approximate surface area is 358 Å². The second-order valence-corrected chi connectivity index (χ2v) is 17.6. The van der Waals surface area contributed by atoms with Gasteiger partial charge in [0.15, 0.2) is 0 Å². The van der Waals surface area contributed by atoms with E-state index in [1.807, 2.05) is 20.8 Å². The van der Waals surface area contributed by atoms with Gasteiger partial charge in [0.2, 0.25) is 17.7 Å². The molecule has 4 aromatic rings. The van der Waals surface area contributed by atoms with E-state index in [4.69, 9.17) is 9.47 Å². The van der Waals surface area contributed by atoms with E-state index in [0.29, 0.717) is 50.7 Å². The lowest BCUT2D eigenvalue weighted by Gasteiger charge is -2.30. The van der Waals surface area contributed by atoms with Gasteiger partial charge in [-0.1, -0.05) is 34.6 Å². The molecule has 2 saturated heterocycles. The van der Waals surface area contributed by atoms with Gasteiger partial charge < -0.3 is 45.0 Å². The summed E-state index contributed by atoms with van der Waals surface area (Å²) in [6.07, 6.45) is -1.13. The molecule has 2 aliphatic heterocycles. The maximum Gasteiger partial charge on any atom is 0.405 e. The van der Waals surface area contributed by atoms with E-state index in [9.17, 15) is 42.7 Å². The third-order valence-corrected chi connectivity index (χ3v) is 11.6. The number of carbonyl (C=O) groups excluding carboxylic acids is 5. The third-order valence-electron chi connectivity index (χ3n) is 11.6. The van der Waals surface area contributed by atoms with Gasteiger partial charge in [0, 0.05) is 67.0 Å². The number of H-pyrrole nitrogens is 2. The summed E-state index contributed by atoms with van der Waals surface area (Å²) in [5.74, 6) is -3.14. The van der Waals surface area contributed by atoms with Gasteiger partial charge in [-0.25, -0.2) is 13.6 Å². The minimum absolute atomic E-state index is 0.0224. The molecule has 2 aromatic heterocycles. The highest BCUT2D eigenvalue weighted by Crippen LogP contribution is 2.40. The molecule has 4 heterocycles. The van der Waals surface area contributed by atoms with Crippen molar-refractivity contribution in [3.63, 3.8) is 0 Å². The van der Waals surface area contributed by atoms with Crippen LogP contribution in [-0.2, 0) is 46.3 Å². The number of esters is 2. The number of aromatic amines is 2. The van der Waals surface area contributed by atoms with Gasteiger partial charge >= 0.3 is 18.0 Å². The Morgan fingerprint density at radius 2 is 1.16 bits per heavy atom. The van der Waals surface area contributed by atoms with E-state index in [1.165, 1.54) is 43.0 Å². The molecule has 0 saturated carbocycles. The molecule has 2 aromatic carbocycles. The van der Waals surface area contributed by atoms with E-state index in [1.54, 1.807) is 30.9 Å². The first kappa shape index (κ1) is 45.5. The Hall–Kier alpha value is -6.00. The number of nitrogens with one attached hydrogen (secondary N) is 4. The number of hydrogen-bond donors (Lipinski definition) is 5. The molecule has 0 radical (unpaired) electrons. The second-order valence-electron chi connectivity index (χ2n) is 17.6. The third kappa shape index (κ3) is 10.4. The zero-order valence-electron chi connectivity index (χ0n) is 36.2. The van der Waals surface area contributed by atoms with E-state index in [-0.39, 0.29) is 68.8 Å². The second kappa shape index (κ2) is 18.5. The first-order chi connectivity index (χ1) is 29.2. The zero-order chi connectivity index (χ0) is 45.2. The molecule has 6 rings (SSSR count). The minimum atomic E-state index is -1.36. The molecule has 5 N–H and O–H groups in total. The lowest BCUT2D eigenvalue weighted by molar-refractivity contribution is -0.147. The Balaban J connectivity index is 1.44. The number of nitrogens with zero attached hydrogens (tertiary/aromatic N) is 2. The van der Waals surface area contributed by atoms with Crippen molar-refractivity contribution in [1.29, 1.82) is 0 Å². The molecular formula is C45H56F2N6O9. The summed E-state index contributed by atoms with van der Waals surface area (Å²) < 4.78 is 41.0. The molecule has 0 spiro atoms. The quantitative estimate of drug-likeness (QED) is 0.0926. The minimum Gasteiger partial charge on any atom is -0.465 e. The van der Waals surface area contributed by atoms with Crippen LogP contribution < -0.4 is 10.6 Å². The van der Waals surface area contributed by atoms with Crippen molar-refractivity contribution in [2.75, 3.05) is 13.1 Å². The van der Waals surface area contributed by atoms with Gasteiger partial charge in [0.25, 0.3) is 0 Å². The van der Waals surface area contributed by atoms with Gasteiger partial charge in [-0.3, -0.25) is 24.0 Å². The summed E-state index contributed by atoms with van der Waals surface area (Å²) in [4.78, 5) is 87.3. The average molecular weight is 863 g/mol. The number of carbonyl (C=O) groups is 6. The summed E-state index contributed by atoms with van der Waals surface area (Å²) in [6.45, 7) is 12.0. The molecule has 0 aliphatic carbocycles. The number of benzene rings is 2. The molecule has 6 atom stereocenters. The van der Waals surface area contributed by atoms with Crippen LogP contribution in [0.4, 0.5) is 13.6 Å². The standard InChI is InChI=1S/C45H56F2N6O9/c1-8-35(48-39(56)20-45(5,6)7)42(57)52-21-29(61-23(3)54)16-27(52)18-33-31-12-10-25(46)14-37(31)49-40(33)41-34(32-13-11-26(47)15-38(32)50-41)19-28-17-30(62-24(4)55)22-53(28)43(58)36(9-2)51-44(59)60/h10-15,27-30,35-36,49-51H,8-9,16-22H2,1-7H3,(H,48,56)(H,59,60)/t27-,28-,29-,30-,35-,36-/m0/s1. The number of rotatable bonds is 14. The van der Waals surface area contributed by atoms with Gasteiger partial charge in [-0.15, -0.1) is 0 Å². The van der Waals surface area contributed by atoms with E-state index < -0.39 is 71.9 Å². The van der Waals surface area contributed by atoms with E-state index >= 15 is 0 Å². The Kier molecular flexibility index (Phi) is 13.6. The average Bonchev–Trinajstić information content (AvgIpc) is 3.94. The lowest BCUT2D eigenvalue weighted by atomic mass is 9.91. The summed E-state index contributed by atoms with van der Waals surface area (Å²) in [5, 5.41) is 16.0. The fourth-order valence-electron chi connectivity index (χ4n) is 9.05. The monoisotopic (exact) mass is 862 g/mol. The predicted octanol–water partition coefficient (Wildman–Crippen LogP) is 6.12. The van der Waals surface area contributed by atoms with Crippen molar-refractivity contribution >= 4 is 57.6 Å². The normalized spacial score (nSPS) is 20.0. The van der Waals surface area contributed by atoms with E-state index in [0.717, 1.165) is 0 Å². The molecule has 4 amide bonds. The first-order valence-corrected chi connectivity index (χ1v) is 21.1. The highest BCUT2D eigenvalue weighted by molar-refractivity contribution is 5.96. The summed E-state index contributed by atoms with van der Waals surface area (Å²) in [6, 6.07) is 5.53. The first-order valence-electron chi connectivity index (χ1n) is 21.1. The fourth-order valence-corrected chi connectivity index (χ4v) is 9.05. The number of fused-ring (bicyclic) bond motifs is 2. The van der Waals surface area contributed by atoms with Crippen molar-refractivity contribution in [3.8, 4) is 11.4 Å². The molecule has 0 unspecified atom stereocenters. The van der Waals surface area contributed by atoms with Gasteiger partial charge in [0.05, 0.1) is 24.5 Å². The van der Waals surface area contributed by atoms with Crippen LogP contribution in [0.25, 0.3) is 33.2 Å². The van der Waals surface area contributed by atoms with Crippen molar-refractivity contribution in [3.05, 3.63) is 59.2 Å². The Bertz CT molecular complexity index is 2370. The number of aromatic nitrogens is 2. The molecule has 62 heavy (non-hydrogen) atoms. The van der Waals surface area contributed by atoms with Gasteiger partial charge in [-0.2, -0.15) is 0 Å². The van der Waals surface area contributed by atoms with Crippen LogP contribution in [0.2, 0.25) is 0 Å². The molecule has 15 nitrogen and oxygen atoms in total. The summed E-state index contributed by atoms with van der Waals surface area (Å²) in [5.41, 5.74) is 2.91. The topological polar surface area (TPSA) is 203 Å². The van der Waals surface area contributed by atoms with Crippen molar-refractivity contribution < 1.29 is 52.1 Å². The number of likely N-dealkylation sites (tertiary alicyclic amines) is 2. The molecule has 334 valence electrons.